The molecule has 46 heavy (non-hydrogen) atoms. The third-order valence-electron chi connectivity index (χ3n) is 7.33. The van der Waals surface area contributed by atoms with E-state index in [2.05, 4.69) is 37.4 Å². The molecule has 1 aromatic heterocycles. The number of nitrogens with zero attached hydrogens (tertiary/aromatic N) is 6. The number of hydrogen-bond donors (Lipinski definition) is 3. The van der Waals surface area contributed by atoms with Crippen molar-refractivity contribution in [3.05, 3.63) is 108 Å². The summed E-state index contributed by atoms with van der Waals surface area (Å²) in [6.45, 7) is 6.65. The smallest absolute Gasteiger partial charge is 0.327 e. The molecule has 3 aromatic carbocycles. The fourth-order valence-electron chi connectivity index (χ4n) is 4.84. The van der Waals surface area contributed by atoms with E-state index in [-0.39, 0.29) is 18.3 Å². The van der Waals surface area contributed by atoms with E-state index in [0.717, 1.165) is 23.5 Å². The number of nitrogens with one attached hydrogen (secondary N) is 3. The summed E-state index contributed by atoms with van der Waals surface area (Å²) in [7, 11) is 3.56. The van der Waals surface area contributed by atoms with Crippen LogP contribution in [0.3, 0.4) is 0 Å². The first kappa shape index (κ1) is 31.6. The normalized spacial score (nSPS) is 13.0. The SMILES string of the molecule is C=CC(=O)Nc1cccc(N(C(=O)NCc2ccccc2)c2cc(Nc3ccc([N+](=O)N4CCN(C)CC4)cc3OC)ncn2)c1. The van der Waals surface area contributed by atoms with Crippen molar-refractivity contribution in [2.75, 3.05) is 55.9 Å². The van der Waals surface area contributed by atoms with Crippen LogP contribution in [0.15, 0.2) is 97.8 Å². The van der Waals surface area contributed by atoms with Crippen molar-refractivity contribution >= 4 is 46.3 Å². The highest BCUT2D eigenvalue weighted by molar-refractivity contribution is 6.01. The topological polar surface area (TPSA) is 135 Å². The number of likely N-dealkylation sites (N-methyl/N-ethyl adjacent to an activating group) is 1. The van der Waals surface area contributed by atoms with E-state index in [4.69, 9.17) is 4.74 Å². The molecular formula is C33H36N9O4+. The van der Waals surface area contributed by atoms with Gasteiger partial charge in [0.15, 0.2) is 4.87 Å². The van der Waals surface area contributed by atoms with Crippen molar-refractivity contribution in [2.45, 2.75) is 6.54 Å². The lowest BCUT2D eigenvalue weighted by Crippen LogP contribution is -2.47. The van der Waals surface area contributed by atoms with E-state index >= 15 is 0 Å². The first-order valence-corrected chi connectivity index (χ1v) is 14.7. The van der Waals surface area contributed by atoms with Gasteiger partial charge in [-0.05, 0) is 43.0 Å². The summed E-state index contributed by atoms with van der Waals surface area (Å²) in [5, 5.41) is 10.6. The summed E-state index contributed by atoms with van der Waals surface area (Å²) in [4.78, 5) is 52.0. The van der Waals surface area contributed by atoms with Crippen molar-refractivity contribution in [1.82, 2.24) is 25.2 Å². The van der Waals surface area contributed by atoms with Gasteiger partial charge in [-0.25, -0.2) is 19.7 Å². The van der Waals surface area contributed by atoms with E-state index in [1.807, 2.05) is 37.4 Å². The van der Waals surface area contributed by atoms with Gasteiger partial charge < -0.3 is 25.6 Å². The number of anilines is 5. The molecule has 0 aliphatic carbocycles. The van der Waals surface area contributed by atoms with E-state index in [9.17, 15) is 14.5 Å². The number of carbonyl (C=O) groups is 2. The average Bonchev–Trinajstić information content (AvgIpc) is 3.08. The largest absolute Gasteiger partial charge is 0.494 e. The average molecular weight is 623 g/mol. The van der Waals surface area contributed by atoms with Crippen LogP contribution >= 0.6 is 0 Å². The first-order chi connectivity index (χ1) is 22.3. The molecule has 236 valence electrons. The molecule has 2 heterocycles. The molecule has 5 rings (SSSR count). The van der Waals surface area contributed by atoms with E-state index < -0.39 is 6.03 Å². The van der Waals surface area contributed by atoms with Crippen LogP contribution in [0.25, 0.3) is 0 Å². The van der Waals surface area contributed by atoms with Crippen molar-refractivity contribution < 1.29 is 19.2 Å². The highest BCUT2D eigenvalue weighted by Crippen LogP contribution is 2.33. The van der Waals surface area contributed by atoms with Crippen LogP contribution in [0, 0.1) is 4.91 Å². The number of ether oxygens (including phenoxy) is 1. The van der Waals surface area contributed by atoms with Crippen LogP contribution in [0.5, 0.6) is 5.75 Å². The number of piperazine rings is 1. The Labute approximate surface area is 267 Å². The third-order valence-corrected chi connectivity index (χ3v) is 7.33. The van der Waals surface area contributed by atoms with Crippen LogP contribution in [0.1, 0.15) is 5.56 Å². The zero-order valence-corrected chi connectivity index (χ0v) is 25.7. The number of benzene rings is 3. The number of carbonyl (C=O) groups excluding carboxylic acids is 2. The summed E-state index contributed by atoms with van der Waals surface area (Å²) in [5.41, 5.74) is 2.87. The molecule has 13 nitrogen and oxygen atoms in total. The quantitative estimate of drug-likeness (QED) is 0.156. The molecule has 1 aliphatic heterocycles. The number of nitroso groups, excluding NO2 is 1. The van der Waals surface area contributed by atoms with Gasteiger partial charge in [0.2, 0.25) is 5.91 Å². The molecule has 0 bridgehead atoms. The molecule has 13 heteroatoms. The summed E-state index contributed by atoms with van der Waals surface area (Å²) in [6.07, 6.45) is 2.51. The second-order valence-electron chi connectivity index (χ2n) is 10.5. The van der Waals surface area contributed by atoms with Gasteiger partial charge in [0, 0.05) is 37.5 Å². The Kier molecular flexibility index (Phi) is 10.1. The van der Waals surface area contributed by atoms with Gasteiger partial charge in [-0.3, -0.25) is 4.79 Å². The van der Waals surface area contributed by atoms with Gasteiger partial charge in [0.1, 0.15) is 23.7 Å². The second kappa shape index (κ2) is 14.8. The van der Waals surface area contributed by atoms with E-state index in [0.29, 0.717) is 47.4 Å². The minimum atomic E-state index is -0.443. The molecule has 1 fully saturated rings. The zero-order chi connectivity index (χ0) is 32.5. The molecule has 0 saturated carbocycles. The lowest BCUT2D eigenvalue weighted by molar-refractivity contribution is -0.644. The minimum Gasteiger partial charge on any atom is -0.494 e. The summed E-state index contributed by atoms with van der Waals surface area (Å²) in [5.74, 6) is 0.711. The molecule has 3 N–H and O–H groups in total. The molecule has 0 unspecified atom stereocenters. The third kappa shape index (κ3) is 7.81. The van der Waals surface area contributed by atoms with Crippen LogP contribution in [0.4, 0.5) is 39.2 Å². The van der Waals surface area contributed by atoms with Gasteiger partial charge in [-0.2, -0.15) is 0 Å². The van der Waals surface area contributed by atoms with Gasteiger partial charge >= 0.3 is 6.03 Å². The lowest BCUT2D eigenvalue weighted by atomic mass is 10.2. The summed E-state index contributed by atoms with van der Waals surface area (Å²) in [6, 6.07) is 22.7. The van der Waals surface area contributed by atoms with Crippen LogP contribution < -0.4 is 25.6 Å². The number of amides is 3. The minimum absolute atomic E-state index is 0.270. The van der Waals surface area contributed by atoms with Crippen LogP contribution in [0.2, 0.25) is 0 Å². The van der Waals surface area contributed by atoms with Crippen molar-refractivity contribution in [2.24, 2.45) is 0 Å². The van der Waals surface area contributed by atoms with Crippen LogP contribution in [-0.2, 0) is 11.3 Å². The van der Waals surface area contributed by atoms with E-state index in [1.165, 1.54) is 24.4 Å². The maximum Gasteiger partial charge on any atom is 0.327 e. The molecular weight excluding hydrogens is 586 g/mol. The maximum absolute atomic E-state index is 13.7. The molecule has 4 aromatic rings. The van der Waals surface area contributed by atoms with E-state index in [1.54, 1.807) is 53.5 Å². The Morgan fingerprint density at radius 2 is 1.78 bits per heavy atom. The fraction of sp³-hybridized carbons (Fsp3) is 0.212. The molecule has 3 amide bonds. The number of hydrogen-bond acceptors (Lipinski definition) is 8. The molecule has 0 spiro atoms. The van der Waals surface area contributed by atoms with Crippen LogP contribution in [-0.4, -0.2) is 77.0 Å². The lowest BCUT2D eigenvalue weighted by Gasteiger charge is -2.26. The molecule has 0 atom stereocenters. The Balaban J connectivity index is 1.41. The predicted molar refractivity (Wildman–Crippen MR) is 177 cm³/mol. The van der Waals surface area contributed by atoms with Crippen molar-refractivity contribution in [3.63, 3.8) is 0 Å². The number of rotatable bonds is 11. The number of methoxy groups -OCH3 is 1. The molecule has 1 aliphatic rings. The Morgan fingerprint density at radius 3 is 2.52 bits per heavy atom. The Morgan fingerprint density at radius 1 is 1.00 bits per heavy atom. The molecule has 0 radical (unpaired) electrons. The highest BCUT2D eigenvalue weighted by Gasteiger charge is 2.28. The van der Waals surface area contributed by atoms with Crippen molar-refractivity contribution in [1.29, 1.82) is 0 Å². The Bertz CT molecular complexity index is 1710. The van der Waals surface area contributed by atoms with Gasteiger partial charge in [-0.1, -0.05) is 43.0 Å². The number of urea groups is 1. The highest BCUT2D eigenvalue weighted by atomic mass is 16.5. The predicted octanol–water partition coefficient (Wildman–Crippen LogP) is 4.97. The standard InChI is InChI=1S/C33H35N9O4/c1-4-32(43)37-25-11-8-12-26(19-25)41(33(44)34-22-24-9-6-5-7-10-24)31-21-30(35-23-36-31)38-28-14-13-27(20-29(28)46-3)42(45)40-17-15-39(2)16-18-40/h4-14,19-21,23H,1,15-18,22H2,2-3H3,(H2-,34,35,36,37,38,43,44,45)/p+1. The zero-order valence-electron chi connectivity index (χ0n) is 25.7. The number of aromatic nitrogens is 2. The Hall–Kier alpha value is -5.82. The first-order valence-electron chi connectivity index (χ1n) is 14.7. The van der Waals surface area contributed by atoms with Gasteiger partial charge in [0.05, 0.1) is 42.5 Å². The second-order valence-corrected chi connectivity index (χ2v) is 10.5. The van der Waals surface area contributed by atoms with Crippen molar-refractivity contribution in [3.8, 4) is 5.75 Å². The van der Waals surface area contributed by atoms with Gasteiger partial charge in [0.25, 0.3) is 5.69 Å². The molecule has 1 saturated heterocycles. The monoisotopic (exact) mass is 622 g/mol. The maximum atomic E-state index is 13.7. The summed E-state index contributed by atoms with van der Waals surface area (Å²) < 4.78 is 5.61. The van der Waals surface area contributed by atoms with Gasteiger partial charge in [-0.15, -0.1) is 5.01 Å². The fourth-order valence-corrected chi connectivity index (χ4v) is 4.84. The number of hydrazine groups is 1. The summed E-state index contributed by atoms with van der Waals surface area (Å²) >= 11 is 0.